The van der Waals surface area contributed by atoms with Gasteiger partial charge in [-0.2, -0.15) is 5.10 Å². The Morgan fingerprint density at radius 3 is 2.67 bits per heavy atom. The molecule has 0 bridgehead atoms. The number of likely N-dealkylation sites (tertiary alicyclic amines) is 1. The first-order valence-electron chi connectivity index (χ1n) is 6.75. The number of carboxylic acids is 1. The standard InChI is InChI=1S/C15H15N3O3/c19-13(20)6-10-8-18(9-10)15(21)12-7-16-17-14(12)11-4-2-1-3-5-11/h1-5,7,10H,6,8-9H2,(H,16,17)(H,19,20). The van der Waals surface area contributed by atoms with Crippen molar-refractivity contribution in [3.63, 3.8) is 0 Å². The van der Waals surface area contributed by atoms with Crippen LogP contribution < -0.4 is 0 Å². The van der Waals surface area contributed by atoms with Gasteiger partial charge in [0.05, 0.1) is 23.9 Å². The van der Waals surface area contributed by atoms with Crippen molar-refractivity contribution in [2.75, 3.05) is 13.1 Å². The van der Waals surface area contributed by atoms with E-state index in [1.54, 1.807) is 4.90 Å². The summed E-state index contributed by atoms with van der Waals surface area (Å²) in [4.78, 5) is 24.7. The van der Waals surface area contributed by atoms with Gasteiger partial charge in [-0.1, -0.05) is 30.3 Å². The molecule has 0 spiro atoms. The van der Waals surface area contributed by atoms with Crippen LogP contribution in [0.25, 0.3) is 11.3 Å². The zero-order valence-corrected chi connectivity index (χ0v) is 11.3. The van der Waals surface area contributed by atoms with E-state index >= 15 is 0 Å². The van der Waals surface area contributed by atoms with Crippen molar-refractivity contribution in [3.8, 4) is 11.3 Å². The van der Waals surface area contributed by atoms with Crippen LogP contribution in [0.4, 0.5) is 0 Å². The number of carbonyl (C=O) groups is 2. The lowest BCUT2D eigenvalue weighted by Gasteiger charge is -2.38. The summed E-state index contributed by atoms with van der Waals surface area (Å²) >= 11 is 0. The van der Waals surface area contributed by atoms with E-state index in [1.165, 1.54) is 6.20 Å². The van der Waals surface area contributed by atoms with Gasteiger partial charge >= 0.3 is 5.97 Å². The van der Waals surface area contributed by atoms with Crippen molar-refractivity contribution in [2.24, 2.45) is 5.92 Å². The molecule has 1 aliphatic heterocycles. The van der Waals surface area contributed by atoms with E-state index in [-0.39, 0.29) is 18.2 Å². The van der Waals surface area contributed by atoms with E-state index in [0.29, 0.717) is 24.3 Å². The Morgan fingerprint density at radius 1 is 1.29 bits per heavy atom. The number of hydrogen-bond acceptors (Lipinski definition) is 3. The third kappa shape index (κ3) is 2.65. The van der Waals surface area contributed by atoms with Gasteiger partial charge in [-0.05, 0) is 0 Å². The topological polar surface area (TPSA) is 86.3 Å². The monoisotopic (exact) mass is 285 g/mol. The van der Waals surface area contributed by atoms with Gasteiger partial charge in [-0.15, -0.1) is 0 Å². The summed E-state index contributed by atoms with van der Waals surface area (Å²) in [5, 5.41) is 15.6. The second-order valence-electron chi connectivity index (χ2n) is 5.20. The highest BCUT2D eigenvalue weighted by Crippen LogP contribution is 2.26. The van der Waals surface area contributed by atoms with Gasteiger partial charge in [0, 0.05) is 24.6 Å². The number of aliphatic carboxylic acids is 1. The Balaban J connectivity index is 1.73. The Hall–Kier alpha value is -2.63. The van der Waals surface area contributed by atoms with Gasteiger partial charge in [0.15, 0.2) is 0 Å². The number of benzene rings is 1. The number of nitrogens with one attached hydrogen (secondary N) is 1. The molecule has 0 atom stereocenters. The summed E-state index contributed by atoms with van der Waals surface area (Å²) in [5.74, 6) is -0.872. The van der Waals surface area contributed by atoms with Crippen molar-refractivity contribution in [1.29, 1.82) is 0 Å². The molecule has 0 radical (unpaired) electrons. The molecule has 0 aliphatic carbocycles. The summed E-state index contributed by atoms with van der Waals surface area (Å²) < 4.78 is 0. The number of aromatic amines is 1. The maximum absolute atomic E-state index is 12.4. The molecule has 21 heavy (non-hydrogen) atoms. The molecule has 1 fully saturated rings. The molecule has 6 nitrogen and oxygen atoms in total. The average Bonchev–Trinajstić information content (AvgIpc) is 2.92. The molecule has 1 saturated heterocycles. The lowest BCUT2D eigenvalue weighted by atomic mass is 9.95. The molecule has 2 aromatic rings. The summed E-state index contributed by atoms with van der Waals surface area (Å²) in [6.45, 7) is 0.981. The van der Waals surface area contributed by atoms with Crippen LogP contribution in [0.15, 0.2) is 36.5 Å². The lowest BCUT2D eigenvalue weighted by Crippen LogP contribution is -2.50. The first-order chi connectivity index (χ1) is 10.1. The Bertz CT molecular complexity index is 660. The minimum atomic E-state index is -0.819. The number of aromatic nitrogens is 2. The summed E-state index contributed by atoms with van der Waals surface area (Å²) in [7, 11) is 0. The number of rotatable bonds is 4. The van der Waals surface area contributed by atoms with Crippen LogP contribution in [-0.4, -0.2) is 45.2 Å². The Kier molecular flexibility index (Phi) is 3.43. The SMILES string of the molecule is O=C(O)CC1CN(C(=O)c2cn[nH]c2-c2ccccc2)C1. The van der Waals surface area contributed by atoms with Crippen LogP contribution in [0, 0.1) is 5.92 Å². The van der Waals surface area contributed by atoms with E-state index < -0.39 is 5.97 Å². The van der Waals surface area contributed by atoms with E-state index in [1.807, 2.05) is 30.3 Å². The molecule has 2 N–H and O–H groups in total. The maximum atomic E-state index is 12.4. The fourth-order valence-corrected chi connectivity index (χ4v) is 2.56. The highest BCUT2D eigenvalue weighted by atomic mass is 16.4. The average molecular weight is 285 g/mol. The smallest absolute Gasteiger partial charge is 0.303 e. The van der Waals surface area contributed by atoms with Gasteiger partial charge in [0.2, 0.25) is 0 Å². The third-order valence-electron chi connectivity index (χ3n) is 3.64. The van der Waals surface area contributed by atoms with E-state index in [0.717, 1.165) is 5.56 Å². The van der Waals surface area contributed by atoms with Crippen molar-refractivity contribution in [2.45, 2.75) is 6.42 Å². The van der Waals surface area contributed by atoms with Gasteiger partial charge in [-0.25, -0.2) is 0 Å². The van der Waals surface area contributed by atoms with Crippen LogP contribution in [0.5, 0.6) is 0 Å². The number of nitrogens with zero attached hydrogens (tertiary/aromatic N) is 2. The van der Waals surface area contributed by atoms with E-state index in [4.69, 9.17) is 5.11 Å². The van der Waals surface area contributed by atoms with Crippen molar-refractivity contribution in [3.05, 3.63) is 42.1 Å². The molecule has 0 unspecified atom stereocenters. The molecule has 1 amide bonds. The molecular weight excluding hydrogens is 270 g/mol. The predicted molar refractivity (Wildman–Crippen MR) is 75.7 cm³/mol. The quantitative estimate of drug-likeness (QED) is 0.893. The minimum Gasteiger partial charge on any atom is -0.481 e. The molecular formula is C15H15N3O3. The molecule has 6 heteroatoms. The first-order valence-corrected chi connectivity index (χ1v) is 6.75. The number of amides is 1. The summed E-state index contributed by atoms with van der Waals surface area (Å²) in [5.41, 5.74) is 2.12. The summed E-state index contributed by atoms with van der Waals surface area (Å²) in [6.07, 6.45) is 1.63. The van der Waals surface area contributed by atoms with E-state index in [9.17, 15) is 9.59 Å². The van der Waals surface area contributed by atoms with Crippen LogP contribution in [0.3, 0.4) is 0 Å². The summed E-state index contributed by atoms with van der Waals surface area (Å²) in [6, 6.07) is 9.53. The highest BCUT2D eigenvalue weighted by molar-refractivity contribution is 6.00. The van der Waals surface area contributed by atoms with Gasteiger partial charge in [0.1, 0.15) is 0 Å². The molecule has 1 aromatic carbocycles. The second kappa shape index (κ2) is 5.40. The number of carbonyl (C=O) groups excluding carboxylic acids is 1. The largest absolute Gasteiger partial charge is 0.481 e. The predicted octanol–water partition coefficient (Wildman–Crippen LogP) is 1.62. The number of hydrogen-bond donors (Lipinski definition) is 2. The second-order valence-corrected chi connectivity index (χ2v) is 5.20. The highest BCUT2D eigenvalue weighted by Gasteiger charge is 2.33. The zero-order valence-electron chi connectivity index (χ0n) is 11.3. The molecule has 1 aromatic heterocycles. The molecule has 1 aliphatic rings. The van der Waals surface area contributed by atoms with Crippen molar-refractivity contribution in [1.82, 2.24) is 15.1 Å². The van der Waals surface area contributed by atoms with Gasteiger partial charge < -0.3 is 10.0 Å². The van der Waals surface area contributed by atoms with Gasteiger partial charge in [0.25, 0.3) is 5.91 Å². The van der Waals surface area contributed by atoms with Crippen LogP contribution in [0.2, 0.25) is 0 Å². The maximum Gasteiger partial charge on any atom is 0.303 e. The van der Waals surface area contributed by atoms with Crippen LogP contribution in [0.1, 0.15) is 16.8 Å². The van der Waals surface area contributed by atoms with Crippen LogP contribution in [-0.2, 0) is 4.79 Å². The first kappa shape index (κ1) is 13.4. The van der Waals surface area contributed by atoms with Gasteiger partial charge in [-0.3, -0.25) is 14.7 Å². The molecule has 2 heterocycles. The fourth-order valence-electron chi connectivity index (χ4n) is 2.56. The molecule has 0 saturated carbocycles. The Morgan fingerprint density at radius 2 is 2.00 bits per heavy atom. The number of carboxylic acid groups (broad SMARTS) is 1. The third-order valence-corrected chi connectivity index (χ3v) is 3.64. The normalized spacial score (nSPS) is 14.8. The van der Waals surface area contributed by atoms with Crippen LogP contribution >= 0.6 is 0 Å². The fraction of sp³-hybridized carbons (Fsp3) is 0.267. The molecule has 108 valence electrons. The zero-order chi connectivity index (χ0) is 14.8. The molecule has 3 rings (SSSR count). The minimum absolute atomic E-state index is 0.0542. The Labute approximate surface area is 121 Å². The lowest BCUT2D eigenvalue weighted by molar-refractivity contribution is -0.139. The van der Waals surface area contributed by atoms with E-state index in [2.05, 4.69) is 10.2 Å². The number of H-pyrrole nitrogens is 1. The van der Waals surface area contributed by atoms with Crippen molar-refractivity contribution < 1.29 is 14.7 Å². The van der Waals surface area contributed by atoms with Crippen molar-refractivity contribution >= 4 is 11.9 Å².